The number of rotatable bonds is 4. The summed E-state index contributed by atoms with van der Waals surface area (Å²) >= 11 is 9.17. The van der Waals surface area contributed by atoms with Crippen molar-refractivity contribution < 1.29 is 4.39 Å². The van der Waals surface area contributed by atoms with Crippen molar-refractivity contribution in [2.75, 3.05) is 5.33 Å². The van der Waals surface area contributed by atoms with Crippen molar-refractivity contribution >= 4 is 27.5 Å². The summed E-state index contributed by atoms with van der Waals surface area (Å²) in [6.07, 6.45) is 0.756. The normalized spacial score (nSPS) is 13.2. The fourth-order valence-corrected chi connectivity index (χ4v) is 2.57. The summed E-state index contributed by atoms with van der Waals surface area (Å²) in [4.78, 5) is 0. The molecule has 0 fully saturated rings. The minimum absolute atomic E-state index is 0.200. The Balaban J connectivity index is 2.79. The zero-order chi connectivity index (χ0) is 11.4. The first-order valence-corrected chi connectivity index (χ1v) is 6.54. The van der Waals surface area contributed by atoms with E-state index in [0.29, 0.717) is 16.9 Å². The van der Waals surface area contributed by atoms with Gasteiger partial charge in [-0.25, -0.2) is 4.39 Å². The summed E-state index contributed by atoms with van der Waals surface area (Å²) in [5.74, 6) is 0.800. The van der Waals surface area contributed by atoms with Crippen LogP contribution in [0.2, 0.25) is 5.02 Å². The quantitative estimate of drug-likeness (QED) is 0.707. The van der Waals surface area contributed by atoms with Gasteiger partial charge in [0.15, 0.2) is 0 Å². The smallest absolute Gasteiger partial charge is 0.127 e. The lowest BCUT2D eigenvalue weighted by Crippen LogP contribution is -2.14. The third-order valence-corrected chi connectivity index (χ3v) is 3.70. The topological polar surface area (TPSA) is 0 Å². The van der Waals surface area contributed by atoms with Gasteiger partial charge < -0.3 is 0 Å². The van der Waals surface area contributed by atoms with Gasteiger partial charge in [0, 0.05) is 10.4 Å². The van der Waals surface area contributed by atoms with Crippen LogP contribution in [0.5, 0.6) is 0 Å². The van der Waals surface area contributed by atoms with Crippen molar-refractivity contribution in [3.8, 4) is 0 Å². The summed E-state index contributed by atoms with van der Waals surface area (Å²) in [6.45, 7) is 4.31. The second-order valence-corrected chi connectivity index (χ2v) is 5.18. The van der Waals surface area contributed by atoms with E-state index >= 15 is 0 Å². The Morgan fingerprint density at radius 1 is 1.40 bits per heavy atom. The van der Waals surface area contributed by atoms with Crippen molar-refractivity contribution in [1.29, 1.82) is 0 Å². The lowest BCUT2D eigenvalue weighted by Gasteiger charge is -2.18. The number of benzene rings is 1. The molecular formula is C12H15BrClF. The molecule has 0 aromatic heterocycles. The molecule has 0 aliphatic carbocycles. The monoisotopic (exact) mass is 292 g/mol. The molecule has 1 rings (SSSR count). The Morgan fingerprint density at radius 3 is 2.53 bits per heavy atom. The summed E-state index contributed by atoms with van der Waals surface area (Å²) in [5, 5.41) is 1.35. The molecule has 0 saturated heterocycles. The molecule has 0 N–H and O–H groups in total. The zero-order valence-corrected chi connectivity index (χ0v) is 11.3. The molecule has 15 heavy (non-hydrogen) atoms. The highest BCUT2D eigenvalue weighted by Crippen LogP contribution is 2.22. The van der Waals surface area contributed by atoms with Crippen molar-refractivity contribution in [2.24, 2.45) is 11.8 Å². The van der Waals surface area contributed by atoms with Crippen LogP contribution in [0.25, 0.3) is 0 Å². The van der Waals surface area contributed by atoms with Crippen LogP contribution < -0.4 is 0 Å². The molecule has 1 atom stereocenters. The predicted molar refractivity (Wildman–Crippen MR) is 67.2 cm³/mol. The second-order valence-electron chi connectivity index (χ2n) is 4.10. The van der Waals surface area contributed by atoms with Crippen LogP contribution in [0, 0.1) is 17.7 Å². The standard InChI is InChI=1S/C12H15BrClF/c1-8(2)10(7-13)5-9-3-4-11(14)6-12(9)15/h3-4,6,8,10H,5,7H2,1-2H3. The molecule has 0 radical (unpaired) electrons. The average Bonchev–Trinajstić information content (AvgIpc) is 2.16. The maximum absolute atomic E-state index is 13.5. The van der Waals surface area contributed by atoms with Gasteiger partial charge >= 0.3 is 0 Å². The van der Waals surface area contributed by atoms with Crippen molar-refractivity contribution in [3.05, 3.63) is 34.6 Å². The summed E-state index contributed by atoms with van der Waals surface area (Å²) in [7, 11) is 0. The van der Waals surface area contributed by atoms with Crippen LogP contribution in [0.3, 0.4) is 0 Å². The van der Waals surface area contributed by atoms with Crippen molar-refractivity contribution in [1.82, 2.24) is 0 Å². The molecule has 1 aromatic carbocycles. The van der Waals surface area contributed by atoms with E-state index in [1.807, 2.05) is 0 Å². The van der Waals surface area contributed by atoms with Crippen LogP contribution in [-0.2, 0) is 6.42 Å². The van der Waals surface area contributed by atoms with Gasteiger partial charge in [-0.1, -0.05) is 47.4 Å². The van der Waals surface area contributed by atoms with Gasteiger partial charge in [0.2, 0.25) is 0 Å². The van der Waals surface area contributed by atoms with Crippen LogP contribution in [0.15, 0.2) is 18.2 Å². The van der Waals surface area contributed by atoms with E-state index in [2.05, 4.69) is 29.8 Å². The maximum atomic E-state index is 13.5. The fraction of sp³-hybridized carbons (Fsp3) is 0.500. The Bertz CT molecular complexity index is 325. The second kappa shape index (κ2) is 5.86. The number of alkyl halides is 1. The van der Waals surface area contributed by atoms with Gasteiger partial charge in [0.1, 0.15) is 5.82 Å². The molecule has 0 heterocycles. The summed E-state index contributed by atoms with van der Waals surface area (Å²) in [6, 6.07) is 4.89. The molecule has 0 amide bonds. The van der Waals surface area contributed by atoms with Gasteiger partial charge in [-0.2, -0.15) is 0 Å². The lowest BCUT2D eigenvalue weighted by molar-refractivity contribution is 0.420. The Hall–Kier alpha value is -0.0800. The van der Waals surface area contributed by atoms with E-state index < -0.39 is 0 Å². The van der Waals surface area contributed by atoms with E-state index in [4.69, 9.17) is 11.6 Å². The molecule has 3 heteroatoms. The molecule has 0 saturated carbocycles. The van der Waals surface area contributed by atoms with E-state index in [9.17, 15) is 4.39 Å². The highest BCUT2D eigenvalue weighted by atomic mass is 79.9. The first-order valence-electron chi connectivity index (χ1n) is 5.04. The van der Waals surface area contributed by atoms with Gasteiger partial charge in [0.25, 0.3) is 0 Å². The first kappa shape index (κ1) is 13.0. The molecule has 1 aromatic rings. The van der Waals surface area contributed by atoms with Crippen molar-refractivity contribution in [3.63, 3.8) is 0 Å². The number of hydrogen-bond acceptors (Lipinski definition) is 0. The minimum Gasteiger partial charge on any atom is -0.207 e. The summed E-state index contributed by atoms with van der Waals surface area (Å²) in [5.41, 5.74) is 0.748. The molecule has 1 unspecified atom stereocenters. The Kier molecular flexibility index (Phi) is 5.07. The Labute approximate surface area is 104 Å². The third-order valence-electron chi connectivity index (χ3n) is 2.64. The third kappa shape index (κ3) is 3.76. The Morgan fingerprint density at radius 2 is 2.07 bits per heavy atom. The van der Waals surface area contributed by atoms with Crippen LogP contribution in [-0.4, -0.2) is 5.33 Å². The van der Waals surface area contributed by atoms with E-state index in [1.54, 1.807) is 12.1 Å². The number of hydrogen-bond donors (Lipinski definition) is 0. The lowest BCUT2D eigenvalue weighted by atomic mass is 9.91. The highest BCUT2D eigenvalue weighted by Gasteiger charge is 2.14. The van der Waals surface area contributed by atoms with Gasteiger partial charge in [-0.05, 0) is 36.0 Å². The van der Waals surface area contributed by atoms with Crippen LogP contribution in [0.4, 0.5) is 4.39 Å². The van der Waals surface area contributed by atoms with Crippen LogP contribution in [0.1, 0.15) is 19.4 Å². The molecule has 0 aliphatic rings. The largest absolute Gasteiger partial charge is 0.207 e. The highest BCUT2D eigenvalue weighted by molar-refractivity contribution is 9.09. The predicted octanol–water partition coefficient (Wildman–Crippen LogP) is 4.69. The minimum atomic E-state index is -0.200. The van der Waals surface area contributed by atoms with Crippen LogP contribution >= 0.6 is 27.5 Å². The maximum Gasteiger partial charge on any atom is 0.127 e. The average molecular weight is 294 g/mol. The summed E-state index contributed by atoms with van der Waals surface area (Å²) < 4.78 is 13.5. The van der Waals surface area contributed by atoms with Crippen molar-refractivity contribution in [2.45, 2.75) is 20.3 Å². The van der Waals surface area contributed by atoms with Gasteiger partial charge in [-0.3, -0.25) is 0 Å². The van der Waals surface area contributed by atoms with E-state index in [-0.39, 0.29) is 5.82 Å². The molecule has 84 valence electrons. The first-order chi connectivity index (χ1) is 7.04. The molecule has 0 aliphatic heterocycles. The SMILES string of the molecule is CC(C)C(CBr)Cc1ccc(Cl)cc1F. The molecule has 0 spiro atoms. The van der Waals surface area contributed by atoms with Gasteiger partial charge in [0.05, 0.1) is 0 Å². The molecule has 0 nitrogen and oxygen atoms in total. The van der Waals surface area contributed by atoms with E-state index in [1.165, 1.54) is 6.07 Å². The molecular weight excluding hydrogens is 278 g/mol. The molecule has 0 bridgehead atoms. The van der Waals surface area contributed by atoms with E-state index in [0.717, 1.165) is 17.3 Å². The zero-order valence-electron chi connectivity index (χ0n) is 8.93. The van der Waals surface area contributed by atoms with Gasteiger partial charge in [-0.15, -0.1) is 0 Å². The number of halogens is 3. The fourth-order valence-electron chi connectivity index (χ4n) is 1.44.